The largest absolute Gasteiger partial charge is 0.454 e. The Bertz CT molecular complexity index is 1000. The van der Waals surface area contributed by atoms with Crippen LogP contribution in [0, 0.1) is 5.92 Å². The number of hydrogen-bond donors (Lipinski definition) is 0. The summed E-state index contributed by atoms with van der Waals surface area (Å²) in [5, 5.41) is 3.48. The second-order valence-electron chi connectivity index (χ2n) is 8.59. The van der Waals surface area contributed by atoms with E-state index in [4.69, 9.17) is 4.74 Å². The smallest absolute Gasteiger partial charge is 0.339 e. The predicted molar refractivity (Wildman–Crippen MR) is 136 cm³/mol. The van der Waals surface area contributed by atoms with Gasteiger partial charge in [-0.05, 0) is 61.2 Å². The van der Waals surface area contributed by atoms with Crippen molar-refractivity contribution in [1.29, 1.82) is 0 Å². The molecule has 3 heteroatoms. The van der Waals surface area contributed by atoms with E-state index >= 15 is 0 Å². The van der Waals surface area contributed by atoms with Gasteiger partial charge in [0, 0.05) is 0 Å². The number of carbonyl (C=O) groups is 1. The fraction of sp³-hybridized carbons (Fsp3) is 0.276. The van der Waals surface area contributed by atoms with Gasteiger partial charge in [-0.25, -0.2) is 4.79 Å². The number of ether oxygens (including phenoxy) is 1. The average Bonchev–Trinajstić information content (AvgIpc) is 2.84. The van der Waals surface area contributed by atoms with Crippen molar-refractivity contribution in [2.24, 2.45) is 5.92 Å². The Morgan fingerprint density at radius 1 is 0.844 bits per heavy atom. The summed E-state index contributed by atoms with van der Waals surface area (Å²) in [6.45, 7) is 6.14. The van der Waals surface area contributed by atoms with Crippen molar-refractivity contribution in [2.75, 3.05) is 0 Å². The molecule has 0 N–H and O–H groups in total. The second-order valence-corrected chi connectivity index (χ2v) is 10.8. The maximum Gasteiger partial charge on any atom is 0.339 e. The highest BCUT2D eigenvalue weighted by Gasteiger charge is 2.30. The van der Waals surface area contributed by atoms with Crippen LogP contribution in [0.25, 0.3) is 0 Å². The normalized spacial score (nSPS) is 15.3. The summed E-state index contributed by atoms with van der Waals surface area (Å²) in [5.74, 6) is 0.139. The van der Waals surface area contributed by atoms with Crippen molar-refractivity contribution in [2.45, 2.75) is 45.1 Å². The summed E-state index contributed by atoms with van der Waals surface area (Å²) in [5.41, 5.74) is 1.60. The molecule has 1 fully saturated rings. The first-order chi connectivity index (χ1) is 15.6. The number of benzene rings is 3. The predicted octanol–water partition coefficient (Wildman–Crippen LogP) is 6.13. The van der Waals surface area contributed by atoms with Gasteiger partial charge >= 0.3 is 5.97 Å². The minimum absolute atomic E-state index is 0.212. The molecule has 0 spiro atoms. The first-order valence-corrected chi connectivity index (χ1v) is 12.8. The molecule has 1 atom stereocenters. The Morgan fingerprint density at radius 2 is 1.38 bits per heavy atom. The highest BCUT2D eigenvalue weighted by molar-refractivity contribution is 7.80. The third kappa shape index (κ3) is 5.19. The topological polar surface area (TPSA) is 26.3 Å². The zero-order valence-corrected chi connectivity index (χ0v) is 19.6. The maximum absolute atomic E-state index is 13.5. The van der Waals surface area contributed by atoms with E-state index in [0.717, 1.165) is 23.7 Å². The molecule has 0 aliphatic heterocycles. The SMILES string of the molecule is C=C(C)[C@H](OC(=O)c1ccccc1P(c1ccccc1)c1ccccc1)C1CCCCC1. The molecule has 1 aliphatic carbocycles. The fourth-order valence-electron chi connectivity index (χ4n) is 4.64. The Kier molecular flexibility index (Phi) is 7.55. The van der Waals surface area contributed by atoms with Crippen molar-refractivity contribution < 1.29 is 9.53 Å². The molecule has 1 aliphatic rings. The maximum atomic E-state index is 13.5. The molecule has 0 unspecified atom stereocenters. The van der Waals surface area contributed by atoms with Crippen molar-refractivity contribution in [3.05, 3.63) is 103 Å². The number of rotatable bonds is 7. The molecular weight excluding hydrogens is 411 g/mol. The van der Waals surface area contributed by atoms with Crippen LogP contribution >= 0.6 is 7.92 Å². The molecule has 1 saturated carbocycles. The first kappa shape index (κ1) is 22.5. The summed E-state index contributed by atoms with van der Waals surface area (Å²) < 4.78 is 6.17. The summed E-state index contributed by atoms with van der Waals surface area (Å²) in [7, 11) is -0.877. The zero-order chi connectivity index (χ0) is 22.3. The van der Waals surface area contributed by atoms with Gasteiger partial charge in [-0.3, -0.25) is 0 Å². The lowest BCUT2D eigenvalue weighted by Crippen LogP contribution is -2.32. The van der Waals surface area contributed by atoms with Gasteiger partial charge in [0.25, 0.3) is 0 Å². The second kappa shape index (κ2) is 10.7. The van der Waals surface area contributed by atoms with E-state index in [1.165, 1.54) is 29.9 Å². The minimum Gasteiger partial charge on any atom is -0.454 e. The van der Waals surface area contributed by atoms with Crippen LogP contribution < -0.4 is 15.9 Å². The first-order valence-electron chi connectivity index (χ1n) is 11.5. The number of carbonyl (C=O) groups excluding carboxylic acids is 1. The zero-order valence-electron chi connectivity index (χ0n) is 18.7. The van der Waals surface area contributed by atoms with Crippen LogP contribution in [0.5, 0.6) is 0 Å². The van der Waals surface area contributed by atoms with Crippen molar-refractivity contribution in [3.63, 3.8) is 0 Å². The number of esters is 1. The summed E-state index contributed by atoms with van der Waals surface area (Å²) >= 11 is 0. The van der Waals surface area contributed by atoms with Crippen molar-refractivity contribution >= 4 is 29.8 Å². The van der Waals surface area contributed by atoms with Crippen LogP contribution in [0.1, 0.15) is 49.4 Å². The van der Waals surface area contributed by atoms with E-state index in [9.17, 15) is 4.79 Å². The highest BCUT2D eigenvalue weighted by atomic mass is 31.1. The Morgan fingerprint density at radius 3 is 1.94 bits per heavy atom. The average molecular weight is 443 g/mol. The van der Waals surface area contributed by atoms with Gasteiger partial charge in [0.2, 0.25) is 0 Å². The lowest BCUT2D eigenvalue weighted by Gasteiger charge is -2.31. The standard InChI is InChI=1S/C29H31O2P/c1-22(2)28(23-14-6-3-7-15-23)31-29(30)26-20-12-13-21-27(26)32(24-16-8-4-9-17-24)25-18-10-5-11-19-25/h4-5,8-13,16-21,23,28H,1,3,6-7,14-15H2,2H3/t28-/m0/s1. The van der Waals surface area contributed by atoms with Crippen LogP contribution in [-0.2, 0) is 4.74 Å². The van der Waals surface area contributed by atoms with E-state index < -0.39 is 7.92 Å². The van der Waals surface area contributed by atoms with E-state index in [-0.39, 0.29) is 12.1 Å². The third-order valence-corrected chi connectivity index (χ3v) is 8.69. The Balaban J connectivity index is 1.70. The quantitative estimate of drug-likeness (QED) is 0.250. The van der Waals surface area contributed by atoms with E-state index in [1.54, 1.807) is 0 Å². The molecule has 0 bridgehead atoms. The van der Waals surface area contributed by atoms with Crippen LogP contribution in [0.4, 0.5) is 0 Å². The summed E-state index contributed by atoms with van der Waals surface area (Å²) in [4.78, 5) is 13.5. The highest BCUT2D eigenvalue weighted by Crippen LogP contribution is 2.35. The van der Waals surface area contributed by atoms with Gasteiger partial charge in [0.05, 0.1) is 5.56 Å². The van der Waals surface area contributed by atoms with Gasteiger partial charge in [-0.15, -0.1) is 0 Å². The van der Waals surface area contributed by atoms with Crippen molar-refractivity contribution in [3.8, 4) is 0 Å². The van der Waals surface area contributed by atoms with E-state index in [2.05, 4.69) is 61.2 Å². The van der Waals surface area contributed by atoms with Gasteiger partial charge in [-0.2, -0.15) is 0 Å². The Labute approximate surface area is 193 Å². The molecule has 164 valence electrons. The molecule has 32 heavy (non-hydrogen) atoms. The molecular formula is C29H31O2P. The van der Waals surface area contributed by atoms with E-state index in [1.807, 2.05) is 37.3 Å². The molecule has 0 saturated heterocycles. The molecule has 4 rings (SSSR count). The van der Waals surface area contributed by atoms with Crippen LogP contribution in [-0.4, -0.2) is 12.1 Å². The summed E-state index contributed by atoms with van der Waals surface area (Å²) in [6, 6.07) is 28.9. The van der Waals surface area contributed by atoms with Crippen LogP contribution in [0.3, 0.4) is 0 Å². The molecule has 3 aromatic carbocycles. The lowest BCUT2D eigenvalue weighted by molar-refractivity contribution is 0.0196. The molecule has 3 aromatic rings. The minimum atomic E-state index is -0.877. The van der Waals surface area contributed by atoms with E-state index in [0.29, 0.717) is 11.5 Å². The summed E-state index contributed by atoms with van der Waals surface area (Å²) in [6.07, 6.45) is 5.68. The van der Waals surface area contributed by atoms with Crippen molar-refractivity contribution in [1.82, 2.24) is 0 Å². The molecule has 2 nitrogen and oxygen atoms in total. The van der Waals surface area contributed by atoms with Gasteiger partial charge in [0.15, 0.2) is 0 Å². The fourth-order valence-corrected chi connectivity index (χ4v) is 7.07. The van der Waals surface area contributed by atoms with Gasteiger partial charge in [-0.1, -0.05) is 105 Å². The number of hydrogen-bond acceptors (Lipinski definition) is 2. The molecule has 0 radical (unpaired) electrons. The Hall–Kier alpha value is -2.70. The van der Waals surface area contributed by atoms with Gasteiger partial charge < -0.3 is 4.74 Å². The molecule has 0 aromatic heterocycles. The third-order valence-electron chi connectivity index (χ3n) is 6.19. The van der Waals surface area contributed by atoms with Crippen LogP contribution in [0.15, 0.2) is 97.1 Å². The molecule has 0 amide bonds. The van der Waals surface area contributed by atoms with Crippen LogP contribution in [0.2, 0.25) is 0 Å². The monoisotopic (exact) mass is 442 g/mol. The lowest BCUT2D eigenvalue weighted by atomic mass is 9.83. The molecule has 0 heterocycles. The van der Waals surface area contributed by atoms with Gasteiger partial charge in [0.1, 0.15) is 6.10 Å².